The van der Waals surface area contributed by atoms with E-state index in [1.54, 1.807) is 36.4 Å². The fourth-order valence-electron chi connectivity index (χ4n) is 2.18. The first kappa shape index (κ1) is 17.5. The summed E-state index contributed by atoms with van der Waals surface area (Å²) < 4.78 is 39.4. The Kier molecular flexibility index (Phi) is 4.57. The van der Waals surface area contributed by atoms with Crippen molar-refractivity contribution in [3.8, 4) is 10.6 Å². The third-order valence-corrected chi connectivity index (χ3v) is 4.81. The molecular formula is C16H11ClF3N3OS. The number of halogens is 4. The van der Waals surface area contributed by atoms with Crippen LogP contribution in [0.4, 0.5) is 18.9 Å². The van der Waals surface area contributed by atoms with Crippen LogP contribution in [0.15, 0.2) is 42.5 Å². The number of anilines is 1. The zero-order chi connectivity index (χ0) is 18.2. The number of carbonyl (C=O) groups is 1. The van der Waals surface area contributed by atoms with Crippen molar-refractivity contribution < 1.29 is 18.0 Å². The van der Waals surface area contributed by atoms with Crippen LogP contribution in [-0.4, -0.2) is 15.7 Å². The molecule has 0 fully saturated rings. The normalized spacial score (nSPS) is 11.6. The number of rotatable bonds is 3. The van der Waals surface area contributed by atoms with E-state index in [0.29, 0.717) is 20.5 Å². The van der Waals surface area contributed by atoms with Crippen LogP contribution in [0.2, 0.25) is 5.02 Å². The number of amides is 1. The van der Waals surface area contributed by atoms with Crippen LogP contribution in [0.5, 0.6) is 0 Å². The van der Waals surface area contributed by atoms with Crippen molar-refractivity contribution in [1.29, 1.82) is 0 Å². The minimum atomic E-state index is -4.52. The predicted octanol–water partition coefficient (Wildman–Crippen LogP) is 5.07. The first-order valence-corrected chi connectivity index (χ1v) is 8.22. The highest BCUT2D eigenvalue weighted by Crippen LogP contribution is 2.34. The van der Waals surface area contributed by atoms with Gasteiger partial charge >= 0.3 is 6.18 Å². The van der Waals surface area contributed by atoms with Crippen molar-refractivity contribution in [1.82, 2.24) is 9.78 Å². The van der Waals surface area contributed by atoms with E-state index in [-0.39, 0.29) is 11.6 Å². The lowest BCUT2D eigenvalue weighted by Crippen LogP contribution is -2.10. The van der Waals surface area contributed by atoms with E-state index in [2.05, 4.69) is 10.4 Å². The summed E-state index contributed by atoms with van der Waals surface area (Å²) in [6.07, 6.45) is -4.52. The van der Waals surface area contributed by atoms with Crippen molar-refractivity contribution >= 4 is 34.5 Å². The van der Waals surface area contributed by atoms with Crippen LogP contribution < -0.4 is 5.32 Å². The molecule has 1 N–H and O–H groups in total. The van der Waals surface area contributed by atoms with E-state index in [9.17, 15) is 18.0 Å². The average Bonchev–Trinajstić information content (AvgIpc) is 3.15. The lowest BCUT2D eigenvalue weighted by molar-refractivity contribution is -0.141. The molecule has 9 heteroatoms. The minimum Gasteiger partial charge on any atom is -0.320 e. The molecule has 3 rings (SSSR count). The number of nitrogens with one attached hydrogen (secondary N) is 1. The smallest absolute Gasteiger partial charge is 0.320 e. The second kappa shape index (κ2) is 6.53. The van der Waals surface area contributed by atoms with Crippen LogP contribution in [0.25, 0.3) is 10.6 Å². The zero-order valence-corrected chi connectivity index (χ0v) is 14.3. The molecule has 3 aromatic rings. The molecule has 0 radical (unpaired) electrons. The van der Waals surface area contributed by atoms with Gasteiger partial charge in [-0.2, -0.15) is 18.3 Å². The Morgan fingerprint density at radius 3 is 2.60 bits per heavy atom. The molecule has 0 aliphatic carbocycles. The maximum atomic E-state index is 12.8. The minimum absolute atomic E-state index is 0.286. The van der Waals surface area contributed by atoms with Gasteiger partial charge in [0.15, 0.2) is 5.69 Å². The van der Waals surface area contributed by atoms with Crippen molar-refractivity contribution in [3.05, 3.63) is 58.1 Å². The number of thiophene rings is 1. The second-order valence-corrected chi connectivity index (χ2v) is 6.63. The molecule has 25 heavy (non-hydrogen) atoms. The molecule has 0 saturated heterocycles. The van der Waals surface area contributed by atoms with E-state index < -0.39 is 11.9 Å². The van der Waals surface area contributed by atoms with Crippen molar-refractivity contribution in [2.24, 2.45) is 7.05 Å². The topological polar surface area (TPSA) is 46.9 Å². The summed E-state index contributed by atoms with van der Waals surface area (Å²) in [4.78, 5) is 13.2. The van der Waals surface area contributed by atoms with Gasteiger partial charge in [0.05, 0.1) is 26.2 Å². The second-order valence-electron chi connectivity index (χ2n) is 5.13. The lowest BCUT2D eigenvalue weighted by atomic mass is 10.3. The van der Waals surface area contributed by atoms with E-state index >= 15 is 0 Å². The number of aromatic nitrogens is 2. The van der Waals surface area contributed by atoms with Gasteiger partial charge in [-0.3, -0.25) is 9.48 Å². The largest absolute Gasteiger partial charge is 0.435 e. The first-order chi connectivity index (χ1) is 11.8. The molecule has 4 nitrogen and oxygen atoms in total. The summed E-state index contributed by atoms with van der Waals surface area (Å²) >= 11 is 7.07. The van der Waals surface area contributed by atoms with Gasteiger partial charge in [-0.15, -0.1) is 11.3 Å². The van der Waals surface area contributed by atoms with E-state index in [4.69, 9.17) is 11.6 Å². The SMILES string of the molecule is Cn1nc(C(F)(F)F)cc1-c1ccc(C(=O)Nc2ccccc2Cl)s1. The number of benzene rings is 1. The molecule has 0 saturated carbocycles. The number of carbonyl (C=O) groups excluding carboxylic acids is 1. The maximum absolute atomic E-state index is 12.8. The van der Waals surface area contributed by atoms with Gasteiger partial charge in [0.25, 0.3) is 5.91 Å². The number of hydrogen-bond donors (Lipinski definition) is 1. The van der Waals surface area contributed by atoms with Gasteiger partial charge in [-0.1, -0.05) is 23.7 Å². The summed E-state index contributed by atoms with van der Waals surface area (Å²) in [5.74, 6) is -0.387. The fourth-order valence-corrected chi connectivity index (χ4v) is 3.31. The Morgan fingerprint density at radius 2 is 1.96 bits per heavy atom. The highest BCUT2D eigenvalue weighted by molar-refractivity contribution is 7.17. The molecule has 2 heterocycles. The van der Waals surface area contributed by atoms with Crippen molar-refractivity contribution in [2.45, 2.75) is 6.18 Å². The van der Waals surface area contributed by atoms with Gasteiger partial charge in [0.2, 0.25) is 0 Å². The Morgan fingerprint density at radius 1 is 1.24 bits per heavy atom. The lowest BCUT2D eigenvalue weighted by Gasteiger charge is -2.05. The first-order valence-electron chi connectivity index (χ1n) is 7.03. The molecule has 130 valence electrons. The molecule has 0 spiro atoms. The molecular weight excluding hydrogens is 375 g/mol. The van der Waals surface area contributed by atoms with Crippen LogP contribution in [-0.2, 0) is 13.2 Å². The number of para-hydroxylation sites is 1. The van der Waals surface area contributed by atoms with Crippen LogP contribution in [0.1, 0.15) is 15.4 Å². The molecule has 0 atom stereocenters. The van der Waals surface area contributed by atoms with E-state index in [0.717, 1.165) is 22.1 Å². The molecule has 2 aromatic heterocycles. The summed E-state index contributed by atoms with van der Waals surface area (Å²) in [6, 6.07) is 10.9. The zero-order valence-electron chi connectivity index (χ0n) is 12.8. The molecule has 1 amide bonds. The average molecular weight is 386 g/mol. The highest BCUT2D eigenvalue weighted by atomic mass is 35.5. The van der Waals surface area contributed by atoms with Crippen molar-refractivity contribution in [2.75, 3.05) is 5.32 Å². The molecule has 0 aliphatic rings. The molecule has 0 bridgehead atoms. The monoisotopic (exact) mass is 385 g/mol. The van der Waals surface area contributed by atoms with Crippen LogP contribution in [0, 0.1) is 0 Å². The standard InChI is InChI=1S/C16H11ClF3N3OS/c1-23-11(8-14(22-23)16(18,19)20)12-6-7-13(25-12)15(24)21-10-5-3-2-4-9(10)17/h2-8H,1H3,(H,21,24). The summed E-state index contributed by atoms with van der Waals surface area (Å²) in [5.41, 5.74) is -0.224. The van der Waals surface area contributed by atoms with Gasteiger partial charge in [-0.25, -0.2) is 0 Å². The summed E-state index contributed by atoms with van der Waals surface area (Å²) in [5, 5.41) is 6.54. The number of hydrogen-bond acceptors (Lipinski definition) is 3. The number of nitrogens with zero attached hydrogens (tertiary/aromatic N) is 2. The Bertz CT molecular complexity index is 933. The predicted molar refractivity (Wildman–Crippen MR) is 90.9 cm³/mol. The third kappa shape index (κ3) is 3.69. The summed E-state index contributed by atoms with van der Waals surface area (Å²) in [6.45, 7) is 0. The maximum Gasteiger partial charge on any atom is 0.435 e. The van der Waals surface area contributed by atoms with E-state index in [1.807, 2.05) is 0 Å². The van der Waals surface area contributed by atoms with Crippen LogP contribution >= 0.6 is 22.9 Å². The molecule has 0 unspecified atom stereocenters. The highest BCUT2D eigenvalue weighted by Gasteiger charge is 2.34. The number of aryl methyl sites for hydroxylation is 1. The van der Waals surface area contributed by atoms with E-state index in [1.165, 1.54) is 7.05 Å². The third-order valence-electron chi connectivity index (χ3n) is 3.37. The fraction of sp³-hybridized carbons (Fsp3) is 0.125. The number of alkyl halides is 3. The van der Waals surface area contributed by atoms with Crippen molar-refractivity contribution in [3.63, 3.8) is 0 Å². The van der Waals surface area contributed by atoms with Gasteiger partial charge < -0.3 is 5.32 Å². The molecule has 1 aromatic carbocycles. The van der Waals surface area contributed by atoms with Gasteiger partial charge in [0.1, 0.15) is 0 Å². The van der Waals surface area contributed by atoms with Crippen LogP contribution in [0.3, 0.4) is 0 Å². The Balaban J connectivity index is 1.84. The quantitative estimate of drug-likeness (QED) is 0.684. The van der Waals surface area contributed by atoms with Gasteiger partial charge in [-0.05, 0) is 30.3 Å². The summed E-state index contributed by atoms with van der Waals surface area (Å²) in [7, 11) is 1.42. The molecule has 0 aliphatic heterocycles. The Labute approximate surface area is 149 Å². The van der Waals surface area contributed by atoms with Gasteiger partial charge in [0, 0.05) is 7.05 Å². The Hall–Kier alpha value is -2.32.